The molecule has 19 heavy (non-hydrogen) atoms. The molecule has 0 saturated carbocycles. The van der Waals surface area contributed by atoms with Crippen molar-refractivity contribution in [2.45, 2.75) is 13.3 Å². The highest BCUT2D eigenvalue weighted by atomic mass is 79.9. The Morgan fingerprint density at radius 2 is 2.26 bits per heavy atom. The zero-order chi connectivity index (χ0) is 14.1. The van der Waals surface area contributed by atoms with E-state index in [1.165, 1.54) is 6.33 Å². The number of hydrogen-bond acceptors (Lipinski definition) is 6. The molecule has 0 radical (unpaired) electrons. The van der Waals surface area contributed by atoms with Gasteiger partial charge in [-0.3, -0.25) is 0 Å². The molecular formula is C12H18BrN5O. The lowest BCUT2D eigenvalue weighted by Crippen LogP contribution is -2.29. The molecule has 0 unspecified atom stereocenters. The summed E-state index contributed by atoms with van der Waals surface area (Å²) in [4.78, 5) is 10.5. The summed E-state index contributed by atoms with van der Waals surface area (Å²) in [5, 5.41) is 11.9. The average Bonchev–Trinajstić information content (AvgIpc) is 2.42. The number of ether oxygens (including phenoxy) is 1. The summed E-state index contributed by atoms with van der Waals surface area (Å²) >= 11 is 3.51. The highest BCUT2D eigenvalue weighted by Crippen LogP contribution is 2.29. The second-order valence-corrected chi connectivity index (χ2v) is 4.57. The Morgan fingerprint density at radius 3 is 2.89 bits per heavy atom. The van der Waals surface area contributed by atoms with Crippen LogP contribution >= 0.6 is 15.9 Å². The summed E-state index contributed by atoms with van der Waals surface area (Å²) in [6, 6.07) is 2.15. The minimum absolute atomic E-state index is 0.441. The molecule has 1 heterocycles. The van der Waals surface area contributed by atoms with Crippen molar-refractivity contribution in [3.8, 4) is 6.07 Å². The standard InChI is InChI=1S/C12H18BrN5O/c1-3-15-11-10(13)12(17-9-16-11)18(6-4-5-14)7-8-19-2/h9H,3-4,6-8H2,1-2H3,(H,15,16,17). The van der Waals surface area contributed by atoms with Crippen LogP contribution < -0.4 is 10.2 Å². The van der Waals surface area contributed by atoms with Crippen molar-refractivity contribution in [2.75, 3.05) is 43.6 Å². The molecule has 7 heteroatoms. The van der Waals surface area contributed by atoms with Crippen LogP contribution in [0, 0.1) is 11.3 Å². The van der Waals surface area contributed by atoms with Gasteiger partial charge in [0.2, 0.25) is 0 Å². The van der Waals surface area contributed by atoms with Crippen LogP contribution in [0.15, 0.2) is 10.8 Å². The molecule has 0 bridgehead atoms. The van der Waals surface area contributed by atoms with E-state index < -0.39 is 0 Å². The van der Waals surface area contributed by atoms with Crippen molar-refractivity contribution in [1.82, 2.24) is 9.97 Å². The summed E-state index contributed by atoms with van der Waals surface area (Å²) in [5.41, 5.74) is 0. The van der Waals surface area contributed by atoms with Crippen LogP contribution in [0.4, 0.5) is 11.6 Å². The fourth-order valence-corrected chi connectivity index (χ4v) is 2.18. The van der Waals surface area contributed by atoms with Crippen LogP contribution in [-0.2, 0) is 4.74 Å². The van der Waals surface area contributed by atoms with Gasteiger partial charge in [-0.15, -0.1) is 0 Å². The van der Waals surface area contributed by atoms with Crippen molar-refractivity contribution in [1.29, 1.82) is 5.26 Å². The lowest BCUT2D eigenvalue weighted by atomic mass is 10.3. The molecule has 6 nitrogen and oxygen atoms in total. The Balaban J connectivity index is 2.93. The first kappa shape index (κ1) is 15.7. The molecule has 0 aliphatic rings. The van der Waals surface area contributed by atoms with E-state index in [2.05, 4.69) is 37.3 Å². The molecule has 1 N–H and O–H groups in total. The Kier molecular flexibility index (Phi) is 7.15. The topological polar surface area (TPSA) is 74.1 Å². The highest BCUT2D eigenvalue weighted by molar-refractivity contribution is 9.10. The number of hydrogen-bond donors (Lipinski definition) is 1. The van der Waals surface area contributed by atoms with Gasteiger partial charge in [0.15, 0.2) is 0 Å². The minimum atomic E-state index is 0.441. The quantitative estimate of drug-likeness (QED) is 0.787. The van der Waals surface area contributed by atoms with Crippen LogP contribution in [-0.4, -0.2) is 43.3 Å². The Bertz CT molecular complexity index is 435. The van der Waals surface area contributed by atoms with E-state index in [1.54, 1.807) is 7.11 Å². The third-order valence-electron chi connectivity index (χ3n) is 2.47. The molecule has 0 aliphatic heterocycles. The van der Waals surface area contributed by atoms with Gasteiger partial charge < -0.3 is 15.0 Å². The molecule has 104 valence electrons. The van der Waals surface area contributed by atoms with Crippen molar-refractivity contribution in [2.24, 2.45) is 0 Å². The molecule has 0 aliphatic carbocycles. The monoisotopic (exact) mass is 327 g/mol. The van der Waals surface area contributed by atoms with E-state index in [0.29, 0.717) is 26.1 Å². The molecule has 0 amide bonds. The van der Waals surface area contributed by atoms with Gasteiger partial charge in [0, 0.05) is 26.7 Å². The molecule has 1 aromatic heterocycles. The van der Waals surface area contributed by atoms with Gasteiger partial charge in [0.1, 0.15) is 22.4 Å². The predicted octanol–water partition coefficient (Wildman–Crippen LogP) is 2.04. The van der Waals surface area contributed by atoms with Gasteiger partial charge in [-0.1, -0.05) is 0 Å². The van der Waals surface area contributed by atoms with Crippen molar-refractivity contribution < 1.29 is 4.74 Å². The lowest BCUT2D eigenvalue weighted by Gasteiger charge is -2.24. The van der Waals surface area contributed by atoms with Crippen LogP contribution in [0.1, 0.15) is 13.3 Å². The Hall–Kier alpha value is -1.39. The zero-order valence-corrected chi connectivity index (χ0v) is 12.8. The normalized spacial score (nSPS) is 10.0. The Morgan fingerprint density at radius 1 is 1.47 bits per heavy atom. The average molecular weight is 328 g/mol. The van der Waals surface area contributed by atoms with E-state index in [1.807, 2.05) is 11.8 Å². The van der Waals surface area contributed by atoms with Crippen LogP contribution in [0.2, 0.25) is 0 Å². The van der Waals surface area contributed by atoms with E-state index in [-0.39, 0.29) is 0 Å². The van der Waals surface area contributed by atoms with Gasteiger partial charge >= 0.3 is 0 Å². The molecule has 0 aromatic carbocycles. The molecule has 1 aromatic rings. The molecule has 1 rings (SSSR count). The van der Waals surface area contributed by atoms with Crippen LogP contribution in [0.5, 0.6) is 0 Å². The summed E-state index contributed by atoms with van der Waals surface area (Å²) in [7, 11) is 1.65. The van der Waals surface area contributed by atoms with Crippen molar-refractivity contribution in [3.63, 3.8) is 0 Å². The smallest absolute Gasteiger partial charge is 0.148 e. The summed E-state index contributed by atoms with van der Waals surface area (Å²) in [6.45, 7) is 4.66. The highest BCUT2D eigenvalue weighted by Gasteiger charge is 2.14. The first-order valence-electron chi connectivity index (χ1n) is 6.09. The van der Waals surface area contributed by atoms with E-state index in [4.69, 9.17) is 10.00 Å². The Labute approximate surface area is 121 Å². The lowest BCUT2D eigenvalue weighted by molar-refractivity contribution is 0.205. The largest absolute Gasteiger partial charge is 0.383 e. The number of methoxy groups -OCH3 is 1. The molecule has 0 atom stereocenters. The number of halogens is 1. The van der Waals surface area contributed by atoms with Gasteiger partial charge in [-0.25, -0.2) is 9.97 Å². The first-order valence-corrected chi connectivity index (χ1v) is 6.89. The number of nitrogens with one attached hydrogen (secondary N) is 1. The third kappa shape index (κ3) is 4.65. The van der Waals surface area contributed by atoms with Gasteiger partial charge in [-0.05, 0) is 22.9 Å². The first-order chi connectivity index (χ1) is 9.24. The number of nitriles is 1. The number of nitrogens with zero attached hydrogens (tertiary/aromatic N) is 4. The maximum absolute atomic E-state index is 8.73. The minimum Gasteiger partial charge on any atom is -0.383 e. The molecule has 0 saturated heterocycles. The summed E-state index contributed by atoms with van der Waals surface area (Å²) in [6.07, 6.45) is 1.96. The van der Waals surface area contributed by atoms with Gasteiger partial charge in [0.25, 0.3) is 0 Å². The molecule has 0 spiro atoms. The molecular weight excluding hydrogens is 310 g/mol. The van der Waals surface area contributed by atoms with E-state index >= 15 is 0 Å². The van der Waals surface area contributed by atoms with Gasteiger partial charge in [0.05, 0.1) is 19.1 Å². The van der Waals surface area contributed by atoms with Crippen LogP contribution in [0.25, 0.3) is 0 Å². The number of aromatic nitrogens is 2. The van der Waals surface area contributed by atoms with Crippen molar-refractivity contribution >= 4 is 27.6 Å². The summed E-state index contributed by atoms with van der Waals surface area (Å²) < 4.78 is 5.90. The maximum atomic E-state index is 8.73. The molecule has 0 fully saturated rings. The fourth-order valence-electron chi connectivity index (χ4n) is 1.58. The second-order valence-electron chi connectivity index (χ2n) is 3.78. The van der Waals surface area contributed by atoms with E-state index in [0.717, 1.165) is 22.7 Å². The fraction of sp³-hybridized carbons (Fsp3) is 0.583. The van der Waals surface area contributed by atoms with Crippen molar-refractivity contribution in [3.05, 3.63) is 10.8 Å². The third-order valence-corrected chi connectivity index (χ3v) is 3.20. The van der Waals surface area contributed by atoms with Gasteiger partial charge in [-0.2, -0.15) is 5.26 Å². The predicted molar refractivity (Wildman–Crippen MR) is 78.2 cm³/mol. The second kappa shape index (κ2) is 8.67. The number of rotatable bonds is 8. The SMILES string of the molecule is CCNc1ncnc(N(CCC#N)CCOC)c1Br. The maximum Gasteiger partial charge on any atom is 0.148 e. The van der Waals surface area contributed by atoms with E-state index in [9.17, 15) is 0 Å². The zero-order valence-electron chi connectivity index (χ0n) is 11.2. The van der Waals surface area contributed by atoms with Crippen LogP contribution in [0.3, 0.4) is 0 Å². The summed E-state index contributed by atoms with van der Waals surface area (Å²) in [5.74, 6) is 1.53. The number of anilines is 2.